The molecule has 0 aliphatic rings. The molecular formula is C12H15FN2O2. The minimum atomic E-state index is -0.813. The van der Waals surface area contributed by atoms with Crippen molar-refractivity contribution in [3.63, 3.8) is 0 Å². The Morgan fingerprint density at radius 2 is 2.29 bits per heavy atom. The number of rotatable bonds is 5. The summed E-state index contributed by atoms with van der Waals surface area (Å²) in [7, 11) is 0. The molecule has 0 radical (unpaired) electrons. The molecule has 0 heterocycles. The quantitative estimate of drug-likeness (QED) is 0.634. The SMILES string of the molecule is CCNC(C)/C=C/c1ccc(F)c([N+](=O)[O-])c1. The van der Waals surface area contributed by atoms with Crippen molar-refractivity contribution in [3.05, 3.63) is 45.8 Å². The molecule has 1 aromatic carbocycles. The molecule has 1 atom stereocenters. The van der Waals surface area contributed by atoms with Gasteiger partial charge in [-0.05, 0) is 25.1 Å². The average Bonchev–Trinajstić information content (AvgIpc) is 2.28. The summed E-state index contributed by atoms with van der Waals surface area (Å²) in [4.78, 5) is 9.82. The van der Waals surface area contributed by atoms with E-state index in [1.54, 1.807) is 6.08 Å². The Hall–Kier alpha value is -1.75. The van der Waals surface area contributed by atoms with E-state index >= 15 is 0 Å². The van der Waals surface area contributed by atoms with E-state index in [-0.39, 0.29) is 6.04 Å². The van der Waals surface area contributed by atoms with Gasteiger partial charge in [-0.15, -0.1) is 0 Å². The maximum absolute atomic E-state index is 13.1. The number of nitro groups is 1. The van der Waals surface area contributed by atoms with Crippen LogP contribution >= 0.6 is 0 Å². The summed E-state index contributed by atoms with van der Waals surface area (Å²) in [5.41, 5.74) is 0.117. The highest BCUT2D eigenvalue weighted by Gasteiger charge is 2.13. The molecule has 1 rings (SSSR count). The van der Waals surface area contributed by atoms with Crippen LogP contribution in [0, 0.1) is 15.9 Å². The Morgan fingerprint density at radius 3 is 2.88 bits per heavy atom. The first-order valence-corrected chi connectivity index (χ1v) is 5.40. The van der Waals surface area contributed by atoms with Crippen molar-refractivity contribution in [3.8, 4) is 0 Å². The fourth-order valence-corrected chi connectivity index (χ4v) is 1.42. The van der Waals surface area contributed by atoms with Crippen LogP contribution in [-0.4, -0.2) is 17.5 Å². The molecule has 4 nitrogen and oxygen atoms in total. The second-order valence-corrected chi connectivity index (χ2v) is 3.67. The minimum absolute atomic E-state index is 0.170. The lowest BCUT2D eigenvalue weighted by atomic mass is 10.1. The third-order valence-corrected chi connectivity index (χ3v) is 2.27. The van der Waals surface area contributed by atoms with Gasteiger partial charge in [0.05, 0.1) is 4.92 Å². The van der Waals surface area contributed by atoms with Gasteiger partial charge in [0.2, 0.25) is 5.82 Å². The van der Waals surface area contributed by atoms with Gasteiger partial charge in [0, 0.05) is 12.1 Å². The zero-order valence-corrected chi connectivity index (χ0v) is 9.81. The van der Waals surface area contributed by atoms with Crippen LogP contribution in [0.4, 0.5) is 10.1 Å². The molecule has 0 saturated heterocycles. The number of hydrogen-bond donors (Lipinski definition) is 1. The van der Waals surface area contributed by atoms with E-state index in [2.05, 4.69) is 5.32 Å². The maximum atomic E-state index is 13.1. The number of nitrogens with zero attached hydrogens (tertiary/aromatic N) is 1. The summed E-state index contributed by atoms with van der Waals surface area (Å²) in [6.45, 7) is 4.81. The maximum Gasteiger partial charge on any atom is 0.305 e. The van der Waals surface area contributed by atoms with Crippen LogP contribution in [0.2, 0.25) is 0 Å². The minimum Gasteiger partial charge on any atom is -0.311 e. The van der Waals surface area contributed by atoms with E-state index in [0.717, 1.165) is 12.6 Å². The monoisotopic (exact) mass is 238 g/mol. The van der Waals surface area contributed by atoms with Crippen LogP contribution in [0.5, 0.6) is 0 Å². The van der Waals surface area contributed by atoms with Crippen LogP contribution in [0.15, 0.2) is 24.3 Å². The first-order chi connectivity index (χ1) is 8.04. The molecule has 1 N–H and O–H groups in total. The van der Waals surface area contributed by atoms with Gasteiger partial charge in [-0.2, -0.15) is 4.39 Å². The van der Waals surface area contributed by atoms with Crippen molar-refractivity contribution in [1.82, 2.24) is 5.32 Å². The van der Waals surface area contributed by atoms with E-state index in [1.165, 1.54) is 12.1 Å². The highest BCUT2D eigenvalue weighted by atomic mass is 19.1. The van der Waals surface area contributed by atoms with Gasteiger partial charge in [0.25, 0.3) is 0 Å². The molecule has 0 saturated carbocycles. The van der Waals surface area contributed by atoms with Gasteiger partial charge in [-0.1, -0.05) is 25.1 Å². The van der Waals surface area contributed by atoms with Crippen molar-refractivity contribution < 1.29 is 9.31 Å². The molecule has 0 bridgehead atoms. The summed E-state index contributed by atoms with van der Waals surface area (Å²) in [6, 6.07) is 4.02. The van der Waals surface area contributed by atoms with Gasteiger partial charge < -0.3 is 5.32 Å². The predicted octanol–water partition coefficient (Wildman–Crippen LogP) is 2.75. The number of hydrogen-bond acceptors (Lipinski definition) is 3. The summed E-state index contributed by atoms with van der Waals surface area (Å²) in [6.07, 6.45) is 3.61. The third-order valence-electron chi connectivity index (χ3n) is 2.27. The molecular weight excluding hydrogens is 223 g/mol. The Kier molecular flexibility index (Phi) is 4.78. The molecule has 0 aromatic heterocycles. The molecule has 0 aliphatic heterocycles. The topological polar surface area (TPSA) is 55.2 Å². The highest BCUT2D eigenvalue weighted by Crippen LogP contribution is 2.19. The predicted molar refractivity (Wildman–Crippen MR) is 65.2 cm³/mol. The van der Waals surface area contributed by atoms with Crippen LogP contribution in [0.3, 0.4) is 0 Å². The number of likely N-dealkylation sites (N-methyl/N-ethyl adjacent to an activating group) is 1. The first kappa shape index (κ1) is 13.3. The summed E-state index contributed by atoms with van der Waals surface area (Å²) in [5, 5.41) is 13.7. The van der Waals surface area contributed by atoms with Gasteiger partial charge in [0.1, 0.15) is 0 Å². The Labute approximate surface area is 99.3 Å². The fourth-order valence-electron chi connectivity index (χ4n) is 1.42. The van der Waals surface area contributed by atoms with Crippen molar-refractivity contribution in [1.29, 1.82) is 0 Å². The van der Waals surface area contributed by atoms with Gasteiger partial charge in [0.15, 0.2) is 0 Å². The molecule has 0 amide bonds. The Balaban J connectivity index is 2.86. The third kappa shape index (κ3) is 3.96. The average molecular weight is 238 g/mol. The lowest BCUT2D eigenvalue weighted by molar-refractivity contribution is -0.387. The number of benzene rings is 1. The molecule has 1 unspecified atom stereocenters. The van der Waals surface area contributed by atoms with E-state index in [1.807, 2.05) is 19.9 Å². The molecule has 1 aromatic rings. The molecule has 92 valence electrons. The highest BCUT2D eigenvalue weighted by molar-refractivity contribution is 5.54. The second kappa shape index (κ2) is 6.10. The van der Waals surface area contributed by atoms with Gasteiger partial charge in [-0.3, -0.25) is 10.1 Å². The van der Waals surface area contributed by atoms with Crippen LogP contribution < -0.4 is 5.32 Å². The Morgan fingerprint density at radius 1 is 1.59 bits per heavy atom. The van der Waals surface area contributed by atoms with Crippen LogP contribution in [-0.2, 0) is 0 Å². The van der Waals surface area contributed by atoms with Crippen molar-refractivity contribution >= 4 is 11.8 Å². The number of nitro benzene ring substituents is 1. The summed E-state index contributed by atoms with van der Waals surface area (Å²) in [5.74, 6) is -0.813. The smallest absolute Gasteiger partial charge is 0.305 e. The largest absolute Gasteiger partial charge is 0.311 e. The van der Waals surface area contributed by atoms with Crippen molar-refractivity contribution in [2.75, 3.05) is 6.54 Å². The zero-order chi connectivity index (χ0) is 12.8. The van der Waals surface area contributed by atoms with E-state index in [0.29, 0.717) is 5.56 Å². The van der Waals surface area contributed by atoms with E-state index in [4.69, 9.17) is 0 Å². The molecule has 17 heavy (non-hydrogen) atoms. The zero-order valence-electron chi connectivity index (χ0n) is 9.81. The normalized spacial score (nSPS) is 12.9. The van der Waals surface area contributed by atoms with Gasteiger partial charge >= 0.3 is 5.69 Å². The molecule has 0 aliphatic carbocycles. The Bertz CT molecular complexity index is 433. The second-order valence-electron chi connectivity index (χ2n) is 3.67. The molecule has 0 fully saturated rings. The van der Waals surface area contributed by atoms with Crippen LogP contribution in [0.25, 0.3) is 6.08 Å². The number of halogens is 1. The van der Waals surface area contributed by atoms with E-state index < -0.39 is 16.4 Å². The van der Waals surface area contributed by atoms with Crippen molar-refractivity contribution in [2.45, 2.75) is 19.9 Å². The number of nitrogens with one attached hydrogen (secondary N) is 1. The molecule has 0 spiro atoms. The first-order valence-electron chi connectivity index (χ1n) is 5.40. The summed E-state index contributed by atoms with van der Waals surface area (Å²) >= 11 is 0. The lowest BCUT2D eigenvalue weighted by Crippen LogP contribution is -2.22. The van der Waals surface area contributed by atoms with Crippen LogP contribution in [0.1, 0.15) is 19.4 Å². The standard InChI is InChI=1S/C12H15FN2O2/c1-3-14-9(2)4-5-10-6-7-11(13)12(8-10)15(16)17/h4-9,14H,3H2,1-2H3/b5-4+. The molecule has 5 heteroatoms. The van der Waals surface area contributed by atoms with E-state index in [9.17, 15) is 14.5 Å². The summed E-state index contributed by atoms with van der Waals surface area (Å²) < 4.78 is 13.1. The fraction of sp³-hybridized carbons (Fsp3) is 0.333. The lowest BCUT2D eigenvalue weighted by Gasteiger charge is -2.05. The van der Waals surface area contributed by atoms with Gasteiger partial charge in [-0.25, -0.2) is 0 Å². The van der Waals surface area contributed by atoms with Crippen molar-refractivity contribution in [2.24, 2.45) is 0 Å².